The molecular formula is C10H10N2O. The molecule has 0 aliphatic rings. The number of hydrogen-bond donors (Lipinski definition) is 1. The molecule has 0 spiro atoms. The van der Waals surface area contributed by atoms with E-state index in [0.29, 0.717) is 5.70 Å². The van der Waals surface area contributed by atoms with Gasteiger partial charge in [0, 0.05) is 0 Å². The highest BCUT2D eigenvalue weighted by Gasteiger charge is 1.95. The highest BCUT2D eigenvalue weighted by molar-refractivity contribution is 5.60. The number of rotatable bonds is 4. The fraction of sp³-hybridized carbons (Fsp3) is 0.100. The minimum absolute atomic E-state index is 0.00581. The lowest BCUT2D eigenvalue weighted by Crippen LogP contribution is -2.12. The zero-order valence-electron chi connectivity index (χ0n) is 7.16. The summed E-state index contributed by atoms with van der Waals surface area (Å²) in [6.45, 7) is 3.76. The first-order chi connectivity index (χ1) is 6.34. The maximum absolute atomic E-state index is 8.21. The lowest BCUT2D eigenvalue weighted by Gasteiger charge is -2.06. The number of nitrogens with zero attached hydrogens (tertiary/aromatic N) is 1. The Morgan fingerprint density at radius 1 is 1.46 bits per heavy atom. The molecule has 0 aromatic heterocycles. The summed E-state index contributed by atoms with van der Waals surface area (Å²) in [5.41, 5.74) is 4.18. The third-order valence-electron chi connectivity index (χ3n) is 1.45. The van der Waals surface area contributed by atoms with E-state index in [-0.39, 0.29) is 6.61 Å². The quantitative estimate of drug-likeness (QED) is 0.558. The monoisotopic (exact) mass is 174 g/mol. The average Bonchev–Trinajstić information content (AvgIpc) is 2.19. The van der Waals surface area contributed by atoms with Crippen LogP contribution in [0.2, 0.25) is 0 Å². The molecule has 3 heteroatoms. The topological polar surface area (TPSA) is 45.0 Å². The summed E-state index contributed by atoms with van der Waals surface area (Å²) >= 11 is 0. The van der Waals surface area contributed by atoms with Crippen molar-refractivity contribution in [1.29, 1.82) is 5.26 Å². The van der Waals surface area contributed by atoms with E-state index in [0.717, 1.165) is 5.56 Å². The molecule has 66 valence electrons. The van der Waals surface area contributed by atoms with Crippen LogP contribution in [0, 0.1) is 11.3 Å². The molecule has 0 bridgehead atoms. The molecule has 0 aliphatic heterocycles. The standard InChI is InChI=1S/C10H10N2O/c1-9(12-13-8-7-11)10-5-3-2-4-6-10/h2-6,12H,1,8H2. The van der Waals surface area contributed by atoms with E-state index in [4.69, 9.17) is 10.1 Å². The molecule has 0 fully saturated rings. The van der Waals surface area contributed by atoms with Crippen LogP contribution in [-0.2, 0) is 4.84 Å². The number of benzene rings is 1. The first-order valence-electron chi connectivity index (χ1n) is 3.83. The van der Waals surface area contributed by atoms with Crippen LogP contribution in [0.5, 0.6) is 0 Å². The van der Waals surface area contributed by atoms with Gasteiger partial charge < -0.3 is 0 Å². The first-order valence-corrected chi connectivity index (χ1v) is 3.83. The maximum Gasteiger partial charge on any atom is 0.161 e. The summed E-state index contributed by atoms with van der Waals surface area (Å²) in [5, 5.41) is 8.21. The van der Waals surface area contributed by atoms with Gasteiger partial charge in [0.25, 0.3) is 0 Å². The Balaban J connectivity index is 2.46. The first kappa shape index (κ1) is 9.30. The minimum Gasteiger partial charge on any atom is -0.266 e. The molecule has 0 saturated heterocycles. The van der Waals surface area contributed by atoms with E-state index in [1.807, 2.05) is 36.4 Å². The summed E-state index contributed by atoms with van der Waals surface area (Å²) in [5.74, 6) is 0. The molecule has 0 unspecified atom stereocenters. The van der Waals surface area contributed by atoms with Gasteiger partial charge in [-0.2, -0.15) is 5.26 Å². The Morgan fingerprint density at radius 3 is 2.77 bits per heavy atom. The molecule has 13 heavy (non-hydrogen) atoms. The number of hydroxylamine groups is 1. The highest BCUT2D eigenvalue weighted by atomic mass is 16.6. The second-order valence-corrected chi connectivity index (χ2v) is 2.39. The molecule has 0 atom stereocenters. The van der Waals surface area contributed by atoms with E-state index >= 15 is 0 Å². The lowest BCUT2D eigenvalue weighted by molar-refractivity contribution is 0.107. The van der Waals surface area contributed by atoms with Gasteiger partial charge in [0.05, 0.1) is 11.8 Å². The Labute approximate surface area is 77.2 Å². The Morgan fingerprint density at radius 2 is 2.15 bits per heavy atom. The van der Waals surface area contributed by atoms with Gasteiger partial charge in [-0.15, -0.1) is 0 Å². The predicted molar refractivity (Wildman–Crippen MR) is 50.2 cm³/mol. The van der Waals surface area contributed by atoms with Crippen molar-refractivity contribution in [1.82, 2.24) is 5.48 Å². The van der Waals surface area contributed by atoms with Crippen molar-refractivity contribution in [3.05, 3.63) is 42.5 Å². The third kappa shape index (κ3) is 2.97. The molecular weight excluding hydrogens is 164 g/mol. The van der Waals surface area contributed by atoms with Crippen molar-refractivity contribution in [2.75, 3.05) is 6.61 Å². The molecule has 0 amide bonds. The average molecular weight is 174 g/mol. The predicted octanol–water partition coefficient (Wildman–Crippen LogP) is 1.70. The molecule has 0 saturated carbocycles. The summed E-state index contributed by atoms with van der Waals surface area (Å²) in [4.78, 5) is 4.79. The number of hydrogen-bond acceptors (Lipinski definition) is 3. The zero-order valence-corrected chi connectivity index (χ0v) is 7.16. The molecule has 0 heterocycles. The molecule has 1 aromatic rings. The Bertz CT molecular complexity index is 313. The lowest BCUT2D eigenvalue weighted by atomic mass is 10.2. The second-order valence-electron chi connectivity index (χ2n) is 2.39. The highest BCUT2D eigenvalue weighted by Crippen LogP contribution is 2.07. The van der Waals surface area contributed by atoms with Gasteiger partial charge in [-0.25, -0.2) is 0 Å². The smallest absolute Gasteiger partial charge is 0.161 e. The molecule has 1 N–H and O–H groups in total. The fourth-order valence-electron chi connectivity index (χ4n) is 0.854. The van der Waals surface area contributed by atoms with Crippen molar-refractivity contribution in [2.24, 2.45) is 0 Å². The molecule has 1 rings (SSSR count). The third-order valence-corrected chi connectivity index (χ3v) is 1.45. The van der Waals surface area contributed by atoms with Crippen molar-refractivity contribution >= 4 is 5.70 Å². The van der Waals surface area contributed by atoms with Crippen molar-refractivity contribution in [3.8, 4) is 6.07 Å². The molecule has 0 radical (unpaired) electrons. The summed E-state index contributed by atoms with van der Waals surface area (Å²) < 4.78 is 0. The van der Waals surface area contributed by atoms with E-state index in [1.165, 1.54) is 0 Å². The van der Waals surface area contributed by atoms with Crippen LogP contribution in [0.25, 0.3) is 5.70 Å². The van der Waals surface area contributed by atoms with Gasteiger partial charge in [-0.05, 0) is 5.56 Å². The molecule has 3 nitrogen and oxygen atoms in total. The van der Waals surface area contributed by atoms with Crippen molar-refractivity contribution in [2.45, 2.75) is 0 Å². The van der Waals surface area contributed by atoms with Crippen LogP contribution in [0.1, 0.15) is 5.56 Å². The van der Waals surface area contributed by atoms with Gasteiger partial charge >= 0.3 is 0 Å². The van der Waals surface area contributed by atoms with Gasteiger partial charge in [-0.1, -0.05) is 36.9 Å². The van der Waals surface area contributed by atoms with Crippen LogP contribution in [0.4, 0.5) is 0 Å². The Kier molecular flexibility index (Phi) is 3.55. The van der Waals surface area contributed by atoms with Gasteiger partial charge in [-0.3, -0.25) is 10.3 Å². The van der Waals surface area contributed by atoms with Gasteiger partial charge in [0.15, 0.2) is 6.61 Å². The fourth-order valence-corrected chi connectivity index (χ4v) is 0.854. The van der Waals surface area contributed by atoms with Crippen LogP contribution in [-0.4, -0.2) is 6.61 Å². The summed E-state index contributed by atoms with van der Waals surface area (Å²) in [6, 6.07) is 11.4. The van der Waals surface area contributed by atoms with E-state index in [2.05, 4.69) is 12.1 Å². The van der Waals surface area contributed by atoms with Crippen LogP contribution < -0.4 is 5.48 Å². The molecule has 0 aliphatic carbocycles. The van der Waals surface area contributed by atoms with Gasteiger partial charge in [0.2, 0.25) is 0 Å². The minimum atomic E-state index is 0.00581. The van der Waals surface area contributed by atoms with Crippen LogP contribution in [0.3, 0.4) is 0 Å². The summed E-state index contributed by atoms with van der Waals surface area (Å²) in [6.07, 6.45) is 0. The molecule has 1 aromatic carbocycles. The summed E-state index contributed by atoms with van der Waals surface area (Å²) in [7, 11) is 0. The van der Waals surface area contributed by atoms with E-state index < -0.39 is 0 Å². The van der Waals surface area contributed by atoms with Crippen LogP contribution in [0.15, 0.2) is 36.9 Å². The van der Waals surface area contributed by atoms with E-state index in [1.54, 1.807) is 0 Å². The van der Waals surface area contributed by atoms with Crippen LogP contribution >= 0.6 is 0 Å². The van der Waals surface area contributed by atoms with Gasteiger partial charge in [0.1, 0.15) is 0 Å². The SMILES string of the molecule is C=C(NOCC#N)c1ccccc1. The zero-order chi connectivity index (χ0) is 9.52. The van der Waals surface area contributed by atoms with E-state index in [9.17, 15) is 0 Å². The van der Waals surface area contributed by atoms with Crippen molar-refractivity contribution < 1.29 is 4.84 Å². The van der Waals surface area contributed by atoms with Crippen molar-refractivity contribution in [3.63, 3.8) is 0 Å². The number of nitriles is 1. The largest absolute Gasteiger partial charge is 0.266 e. The number of nitrogens with one attached hydrogen (secondary N) is 1. The normalized spacial score (nSPS) is 8.85. The second kappa shape index (κ2) is 4.96. The Hall–Kier alpha value is -1.79. The maximum atomic E-state index is 8.21.